The Morgan fingerprint density at radius 2 is 2.21 bits per heavy atom. The predicted octanol–water partition coefficient (Wildman–Crippen LogP) is 3.17. The van der Waals surface area contributed by atoms with Gasteiger partial charge in [0.1, 0.15) is 0 Å². The van der Waals surface area contributed by atoms with Gasteiger partial charge >= 0.3 is 0 Å². The fourth-order valence-corrected chi connectivity index (χ4v) is 2.80. The van der Waals surface area contributed by atoms with Crippen LogP contribution in [0.4, 0.5) is 5.69 Å². The van der Waals surface area contributed by atoms with Gasteiger partial charge in [-0.1, -0.05) is 28.9 Å². The van der Waals surface area contributed by atoms with Crippen LogP contribution in [0, 0.1) is 0 Å². The van der Waals surface area contributed by atoms with E-state index in [1.54, 1.807) is 0 Å². The van der Waals surface area contributed by atoms with Crippen LogP contribution in [0.15, 0.2) is 22.7 Å². The van der Waals surface area contributed by atoms with Crippen LogP contribution in [0.1, 0.15) is 26.3 Å². The first-order chi connectivity index (χ1) is 9.11. The Kier molecular flexibility index (Phi) is 5.25. The Balaban J connectivity index is 2.27. The molecule has 1 heterocycles. The van der Waals surface area contributed by atoms with Gasteiger partial charge in [-0.05, 0) is 38.1 Å². The molecule has 1 aromatic carbocycles. The molecule has 106 valence electrons. The lowest BCUT2D eigenvalue weighted by Gasteiger charge is -2.39. The number of nitrogens with one attached hydrogen (secondary N) is 1. The molecule has 1 aliphatic rings. The smallest absolute Gasteiger partial charge is 0.0723 e. The van der Waals surface area contributed by atoms with E-state index in [9.17, 15) is 0 Å². The minimum absolute atomic E-state index is 0.294. The SMILES string of the molecule is CCNCc1ccc(Br)cc1N1CC(C)OCC1C. The molecule has 1 N–H and O–H groups in total. The predicted molar refractivity (Wildman–Crippen MR) is 83.7 cm³/mol. The molecule has 2 atom stereocenters. The van der Waals surface area contributed by atoms with E-state index >= 15 is 0 Å². The zero-order chi connectivity index (χ0) is 13.8. The van der Waals surface area contributed by atoms with Crippen LogP contribution in [0.3, 0.4) is 0 Å². The molecule has 1 fully saturated rings. The lowest BCUT2D eigenvalue weighted by atomic mass is 10.1. The van der Waals surface area contributed by atoms with Gasteiger partial charge in [0.25, 0.3) is 0 Å². The average molecular weight is 327 g/mol. The van der Waals surface area contributed by atoms with E-state index in [0.29, 0.717) is 12.1 Å². The highest BCUT2D eigenvalue weighted by atomic mass is 79.9. The van der Waals surface area contributed by atoms with Crippen molar-refractivity contribution in [1.29, 1.82) is 0 Å². The van der Waals surface area contributed by atoms with Crippen LogP contribution in [0.5, 0.6) is 0 Å². The first-order valence-corrected chi connectivity index (χ1v) is 7.78. The summed E-state index contributed by atoms with van der Waals surface area (Å²) in [6.07, 6.45) is 0.294. The van der Waals surface area contributed by atoms with Crippen molar-refractivity contribution in [1.82, 2.24) is 5.32 Å². The summed E-state index contributed by atoms with van der Waals surface area (Å²) in [5.74, 6) is 0. The Morgan fingerprint density at radius 1 is 1.42 bits per heavy atom. The number of halogens is 1. The van der Waals surface area contributed by atoms with Gasteiger partial charge in [-0.15, -0.1) is 0 Å². The summed E-state index contributed by atoms with van der Waals surface area (Å²) in [6, 6.07) is 6.96. The highest BCUT2D eigenvalue weighted by molar-refractivity contribution is 9.10. The molecule has 1 aromatic rings. The van der Waals surface area contributed by atoms with E-state index in [1.807, 2.05) is 0 Å². The summed E-state index contributed by atoms with van der Waals surface area (Å²) in [5.41, 5.74) is 2.67. The third kappa shape index (κ3) is 3.71. The van der Waals surface area contributed by atoms with Crippen molar-refractivity contribution in [3.05, 3.63) is 28.2 Å². The standard InChI is InChI=1S/C15H23BrN2O/c1-4-17-8-13-5-6-14(16)7-15(13)18-9-12(3)19-10-11(18)2/h5-7,11-12,17H,4,8-10H2,1-3H3. The summed E-state index contributed by atoms with van der Waals surface area (Å²) in [5, 5.41) is 3.42. The number of rotatable bonds is 4. The van der Waals surface area contributed by atoms with Crippen molar-refractivity contribution >= 4 is 21.6 Å². The average Bonchev–Trinajstić information content (AvgIpc) is 2.40. The topological polar surface area (TPSA) is 24.5 Å². The first kappa shape index (κ1) is 14.8. The number of hydrogen-bond acceptors (Lipinski definition) is 3. The molecule has 1 aliphatic heterocycles. The molecule has 1 saturated heterocycles. The van der Waals surface area contributed by atoms with Crippen LogP contribution in [0.25, 0.3) is 0 Å². The zero-order valence-electron chi connectivity index (χ0n) is 11.9. The maximum absolute atomic E-state index is 5.72. The van der Waals surface area contributed by atoms with Gasteiger partial charge in [0.05, 0.1) is 12.7 Å². The highest BCUT2D eigenvalue weighted by Crippen LogP contribution is 2.29. The molecule has 3 nitrogen and oxygen atoms in total. The van der Waals surface area contributed by atoms with Crippen molar-refractivity contribution in [3.8, 4) is 0 Å². The second-order valence-electron chi connectivity index (χ2n) is 5.20. The number of hydrogen-bond donors (Lipinski definition) is 1. The van der Waals surface area contributed by atoms with E-state index in [-0.39, 0.29) is 0 Å². The second kappa shape index (κ2) is 6.73. The lowest BCUT2D eigenvalue weighted by Crippen LogP contribution is -2.47. The van der Waals surface area contributed by atoms with Crippen molar-refractivity contribution < 1.29 is 4.74 Å². The molecule has 0 bridgehead atoms. The molecule has 0 spiro atoms. The molecule has 19 heavy (non-hydrogen) atoms. The zero-order valence-corrected chi connectivity index (χ0v) is 13.5. The molecular formula is C15H23BrN2O. The summed E-state index contributed by atoms with van der Waals surface area (Å²) in [7, 11) is 0. The maximum atomic E-state index is 5.72. The Hall–Kier alpha value is -0.580. The number of anilines is 1. The molecule has 0 aliphatic carbocycles. The van der Waals surface area contributed by atoms with E-state index in [2.05, 4.69) is 65.1 Å². The van der Waals surface area contributed by atoms with Crippen LogP contribution < -0.4 is 10.2 Å². The third-order valence-corrected chi connectivity index (χ3v) is 4.02. The van der Waals surface area contributed by atoms with Crippen LogP contribution in [0.2, 0.25) is 0 Å². The minimum Gasteiger partial charge on any atom is -0.375 e. The fourth-order valence-electron chi connectivity index (χ4n) is 2.45. The molecule has 2 rings (SSSR count). The number of benzene rings is 1. The molecule has 0 aromatic heterocycles. The molecule has 0 amide bonds. The third-order valence-electron chi connectivity index (χ3n) is 3.53. The van der Waals surface area contributed by atoms with Gasteiger partial charge in [0.2, 0.25) is 0 Å². The lowest BCUT2D eigenvalue weighted by molar-refractivity contribution is 0.0343. The molecular weight excluding hydrogens is 304 g/mol. The van der Waals surface area contributed by atoms with E-state index < -0.39 is 0 Å². The maximum Gasteiger partial charge on any atom is 0.0723 e. The van der Waals surface area contributed by atoms with Crippen molar-refractivity contribution in [2.45, 2.75) is 39.5 Å². The van der Waals surface area contributed by atoms with Crippen LogP contribution in [-0.2, 0) is 11.3 Å². The van der Waals surface area contributed by atoms with E-state index in [1.165, 1.54) is 11.3 Å². The van der Waals surface area contributed by atoms with Crippen molar-refractivity contribution in [2.24, 2.45) is 0 Å². The summed E-state index contributed by atoms with van der Waals surface area (Å²) < 4.78 is 6.86. The van der Waals surface area contributed by atoms with Crippen molar-refractivity contribution in [2.75, 3.05) is 24.6 Å². The van der Waals surface area contributed by atoms with Crippen LogP contribution >= 0.6 is 15.9 Å². The molecule has 0 saturated carbocycles. The van der Waals surface area contributed by atoms with Gasteiger partial charge in [-0.25, -0.2) is 0 Å². The fraction of sp³-hybridized carbons (Fsp3) is 0.600. The van der Waals surface area contributed by atoms with E-state index in [4.69, 9.17) is 4.74 Å². The molecule has 4 heteroatoms. The monoisotopic (exact) mass is 326 g/mol. The Morgan fingerprint density at radius 3 is 2.95 bits per heavy atom. The normalized spacial score (nSPS) is 23.7. The van der Waals surface area contributed by atoms with Gasteiger partial charge < -0.3 is 15.0 Å². The number of nitrogens with zero attached hydrogens (tertiary/aromatic N) is 1. The highest BCUT2D eigenvalue weighted by Gasteiger charge is 2.25. The van der Waals surface area contributed by atoms with Gasteiger partial charge in [0.15, 0.2) is 0 Å². The van der Waals surface area contributed by atoms with Crippen LogP contribution in [-0.4, -0.2) is 31.8 Å². The Bertz CT molecular complexity index is 425. The quantitative estimate of drug-likeness (QED) is 0.919. The van der Waals surface area contributed by atoms with Crippen molar-refractivity contribution in [3.63, 3.8) is 0 Å². The summed E-state index contributed by atoms with van der Waals surface area (Å²) >= 11 is 3.59. The Labute approximate surface area is 124 Å². The number of ether oxygens (including phenoxy) is 1. The molecule has 2 unspecified atom stereocenters. The minimum atomic E-state index is 0.294. The number of morpholine rings is 1. The summed E-state index contributed by atoms with van der Waals surface area (Å²) in [4.78, 5) is 2.46. The van der Waals surface area contributed by atoms with E-state index in [0.717, 1.165) is 30.7 Å². The van der Waals surface area contributed by atoms with Gasteiger partial charge in [-0.3, -0.25) is 0 Å². The molecule has 0 radical (unpaired) electrons. The van der Waals surface area contributed by atoms with Gasteiger partial charge in [-0.2, -0.15) is 0 Å². The summed E-state index contributed by atoms with van der Waals surface area (Å²) in [6.45, 7) is 10.2. The largest absolute Gasteiger partial charge is 0.375 e. The second-order valence-corrected chi connectivity index (χ2v) is 6.11. The van der Waals surface area contributed by atoms with Gasteiger partial charge in [0, 0.05) is 29.3 Å². The first-order valence-electron chi connectivity index (χ1n) is 6.99.